The summed E-state index contributed by atoms with van der Waals surface area (Å²) in [5.74, 6) is -0.902. The van der Waals surface area contributed by atoms with Crippen molar-refractivity contribution in [2.24, 2.45) is 0 Å². The summed E-state index contributed by atoms with van der Waals surface area (Å²) in [6, 6.07) is 11.3. The molecule has 1 aliphatic heterocycles. The lowest BCUT2D eigenvalue weighted by atomic mass is 9.86. The molecule has 2 heterocycles. The first-order chi connectivity index (χ1) is 12.0. The molecule has 1 aromatic heterocycles. The number of aliphatic hydroxyl groups is 1. The molecule has 0 fully saturated rings. The molecular weight excluding hydrogens is 324 g/mol. The summed E-state index contributed by atoms with van der Waals surface area (Å²) < 4.78 is 29.4. The van der Waals surface area contributed by atoms with Crippen molar-refractivity contribution < 1.29 is 13.9 Å². The lowest BCUT2D eigenvalue weighted by Crippen LogP contribution is -2.24. The highest BCUT2D eigenvalue weighted by Crippen LogP contribution is 2.46. The van der Waals surface area contributed by atoms with E-state index in [2.05, 4.69) is 4.98 Å². The zero-order valence-corrected chi connectivity index (χ0v) is 13.0. The second kappa shape index (κ2) is 5.50. The summed E-state index contributed by atoms with van der Waals surface area (Å²) in [6.45, 7) is 0. The lowest BCUT2D eigenvalue weighted by Gasteiger charge is -2.23. The largest absolute Gasteiger partial charge is 0.379 e. The number of hydrogen-bond acceptors (Lipinski definition) is 3. The molecule has 0 radical (unpaired) electrons. The number of imidazole rings is 1. The normalized spacial score (nSPS) is 21.8. The average Bonchev–Trinajstić information content (AvgIpc) is 3.19. The first kappa shape index (κ1) is 15.5. The number of hydrogen-bond donors (Lipinski definition) is 1. The third-order valence-electron chi connectivity index (χ3n) is 4.72. The average molecular weight is 337 g/mol. The van der Waals surface area contributed by atoms with Crippen molar-refractivity contribution in [2.75, 3.05) is 0 Å². The first-order valence-corrected chi connectivity index (χ1v) is 7.73. The van der Waals surface area contributed by atoms with Gasteiger partial charge in [0.2, 0.25) is 0 Å². The Morgan fingerprint density at radius 1 is 1.20 bits per heavy atom. The van der Waals surface area contributed by atoms with Gasteiger partial charge >= 0.3 is 0 Å². The van der Waals surface area contributed by atoms with E-state index in [4.69, 9.17) is 5.26 Å². The summed E-state index contributed by atoms with van der Waals surface area (Å²) >= 11 is 0. The van der Waals surface area contributed by atoms with Crippen LogP contribution in [0.4, 0.5) is 8.78 Å². The predicted octanol–water partition coefficient (Wildman–Crippen LogP) is 3.26. The van der Waals surface area contributed by atoms with Crippen LogP contribution in [0.5, 0.6) is 0 Å². The molecule has 2 atom stereocenters. The first-order valence-electron chi connectivity index (χ1n) is 7.73. The van der Waals surface area contributed by atoms with Crippen LogP contribution in [-0.4, -0.2) is 14.7 Å². The van der Waals surface area contributed by atoms with Gasteiger partial charge in [-0.25, -0.2) is 13.8 Å². The van der Waals surface area contributed by atoms with Gasteiger partial charge in [0.25, 0.3) is 0 Å². The molecule has 0 unspecified atom stereocenters. The summed E-state index contributed by atoms with van der Waals surface area (Å²) in [6.07, 6.45) is 3.27. The maximum Gasteiger partial charge on any atom is 0.133 e. The molecule has 0 saturated carbocycles. The molecule has 4 rings (SSSR count). The SMILES string of the molecule is N#Cc1ccc([C@H]2C[C@@](O)(c3ccc(F)cc3)c3cncn32)c(F)c1. The fourth-order valence-electron chi connectivity index (χ4n) is 3.47. The van der Waals surface area contributed by atoms with E-state index in [1.807, 2.05) is 6.07 Å². The zero-order valence-electron chi connectivity index (χ0n) is 13.0. The maximum atomic E-state index is 14.5. The Kier molecular flexibility index (Phi) is 3.41. The van der Waals surface area contributed by atoms with Crippen LogP contribution in [0.1, 0.15) is 34.8 Å². The van der Waals surface area contributed by atoms with Crippen LogP contribution < -0.4 is 0 Å². The van der Waals surface area contributed by atoms with Crippen LogP contribution in [0.2, 0.25) is 0 Å². The molecule has 0 amide bonds. The molecule has 25 heavy (non-hydrogen) atoms. The number of fused-ring (bicyclic) bond motifs is 1. The number of halogens is 2. The van der Waals surface area contributed by atoms with Crippen molar-refractivity contribution in [3.05, 3.63) is 89.0 Å². The van der Waals surface area contributed by atoms with Gasteiger partial charge in [0.1, 0.15) is 17.2 Å². The van der Waals surface area contributed by atoms with Crippen molar-refractivity contribution in [2.45, 2.75) is 18.1 Å². The van der Waals surface area contributed by atoms with Crippen molar-refractivity contribution in [3.63, 3.8) is 0 Å². The van der Waals surface area contributed by atoms with E-state index in [0.717, 1.165) is 0 Å². The van der Waals surface area contributed by atoms with Gasteiger partial charge in [-0.05, 0) is 29.8 Å². The van der Waals surface area contributed by atoms with Gasteiger partial charge in [-0.15, -0.1) is 0 Å². The fraction of sp³-hybridized carbons (Fsp3) is 0.158. The van der Waals surface area contributed by atoms with Crippen molar-refractivity contribution in [3.8, 4) is 6.07 Å². The Labute approximate surface area is 142 Å². The number of benzene rings is 2. The van der Waals surface area contributed by atoms with Gasteiger partial charge in [-0.2, -0.15) is 5.26 Å². The van der Waals surface area contributed by atoms with Gasteiger partial charge in [0, 0.05) is 12.0 Å². The van der Waals surface area contributed by atoms with Gasteiger partial charge in [0.05, 0.1) is 35.9 Å². The summed E-state index contributed by atoms with van der Waals surface area (Å²) in [5, 5.41) is 20.2. The highest BCUT2D eigenvalue weighted by Gasteiger charge is 2.45. The predicted molar refractivity (Wildman–Crippen MR) is 85.5 cm³/mol. The van der Waals surface area contributed by atoms with E-state index in [-0.39, 0.29) is 12.0 Å². The van der Waals surface area contributed by atoms with E-state index in [1.54, 1.807) is 23.0 Å². The molecule has 124 valence electrons. The summed E-state index contributed by atoms with van der Waals surface area (Å²) in [4.78, 5) is 4.08. The zero-order chi connectivity index (χ0) is 17.6. The van der Waals surface area contributed by atoms with Gasteiger partial charge in [-0.3, -0.25) is 0 Å². The molecule has 0 aliphatic carbocycles. The highest BCUT2D eigenvalue weighted by atomic mass is 19.1. The Morgan fingerprint density at radius 3 is 2.64 bits per heavy atom. The molecule has 3 aromatic rings. The topological polar surface area (TPSA) is 61.8 Å². The molecule has 0 spiro atoms. The standard InChI is InChI=1S/C19H13F2N3O/c20-14-4-2-13(3-5-14)19(25)8-17(24-11-23-10-18(19)24)15-6-1-12(9-22)7-16(15)21/h1-7,10-11,17,25H,8H2/t17-,19-/m1/s1. The second-order valence-electron chi connectivity index (χ2n) is 6.12. The van der Waals surface area contributed by atoms with Crippen LogP contribution in [0.15, 0.2) is 55.0 Å². The molecule has 4 nitrogen and oxygen atoms in total. The van der Waals surface area contributed by atoms with Crippen LogP contribution in [0.3, 0.4) is 0 Å². The quantitative estimate of drug-likeness (QED) is 0.781. The smallest absolute Gasteiger partial charge is 0.133 e. The Bertz CT molecular complexity index is 991. The molecule has 0 saturated heterocycles. The van der Waals surface area contributed by atoms with Crippen molar-refractivity contribution in [1.82, 2.24) is 9.55 Å². The van der Waals surface area contributed by atoms with Crippen LogP contribution in [-0.2, 0) is 5.60 Å². The summed E-state index contributed by atoms with van der Waals surface area (Å²) in [7, 11) is 0. The van der Waals surface area contributed by atoms with Gasteiger partial charge < -0.3 is 9.67 Å². The Morgan fingerprint density at radius 2 is 1.96 bits per heavy atom. The molecule has 0 bridgehead atoms. The molecular formula is C19H13F2N3O. The number of aromatic nitrogens is 2. The molecule has 6 heteroatoms. The third kappa shape index (κ3) is 2.32. The molecule has 1 aliphatic rings. The summed E-state index contributed by atoms with van der Waals surface area (Å²) in [5.41, 5.74) is 0.255. The molecule has 2 aromatic carbocycles. The van der Waals surface area contributed by atoms with Crippen molar-refractivity contribution in [1.29, 1.82) is 5.26 Å². The monoisotopic (exact) mass is 337 g/mol. The van der Waals surface area contributed by atoms with Crippen LogP contribution >= 0.6 is 0 Å². The number of nitriles is 1. The maximum absolute atomic E-state index is 14.5. The van der Waals surface area contributed by atoms with Gasteiger partial charge in [-0.1, -0.05) is 18.2 Å². The van der Waals surface area contributed by atoms with Crippen LogP contribution in [0, 0.1) is 23.0 Å². The molecule has 1 N–H and O–H groups in total. The number of rotatable bonds is 2. The van der Waals surface area contributed by atoms with E-state index in [0.29, 0.717) is 16.8 Å². The number of nitrogens with zero attached hydrogens (tertiary/aromatic N) is 3. The Balaban J connectivity index is 1.81. The van der Waals surface area contributed by atoms with E-state index in [9.17, 15) is 13.9 Å². The minimum Gasteiger partial charge on any atom is -0.379 e. The third-order valence-corrected chi connectivity index (χ3v) is 4.72. The highest BCUT2D eigenvalue weighted by molar-refractivity contribution is 5.40. The second-order valence-corrected chi connectivity index (χ2v) is 6.12. The lowest BCUT2D eigenvalue weighted by molar-refractivity contribution is 0.0792. The van der Waals surface area contributed by atoms with Crippen molar-refractivity contribution >= 4 is 0 Å². The van der Waals surface area contributed by atoms with E-state index >= 15 is 0 Å². The van der Waals surface area contributed by atoms with Crippen LogP contribution in [0.25, 0.3) is 0 Å². The van der Waals surface area contributed by atoms with E-state index in [1.165, 1.54) is 36.5 Å². The fourth-order valence-corrected chi connectivity index (χ4v) is 3.47. The van der Waals surface area contributed by atoms with Gasteiger partial charge in [0.15, 0.2) is 0 Å². The minimum atomic E-state index is -1.39. The van der Waals surface area contributed by atoms with E-state index < -0.39 is 23.3 Å². The Hall–Kier alpha value is -3.04. The minimum absolute atomic E-state index is 0.194.